The molecule has 1 fully saturated rings. The van der Waals surface area contributed by atoms with Crippen LogP contribution < -0.4 is 5.32 Å². The topological polar surface area (TPSA) is 15.3 Å². The van der Waals surface area contributed by atoms with Crippen molar-refractivity contribution in [1.82, 2.24) is 10.2 Å². The van der Waals surface area contributed by atoms with Gasteiger partial charge in [0.1, 0.15) is 0 Å². The molecule has 0 radical (unpaired) electrons. The standard InChI is InChI=1S/C10H22N2/c1-4-10(11-5-2)7-6-8-12(3)9-10/h11H,4-9H2,1-3H3. The van der Waals surface area contributed by atoms with E-state index in [9.17, 15) is 0 Å². The van der Waals surface area contributed by atoms with Crippen molar-refractivity contribution < 1.29 is 0 Å². The van der Waals surface area contributed by atoms with Crippen molar-refractivity contribution in [3.05, 3.63) is 0 Å². The van der Waals surface area contributed by atoms with E-state index in [1.807, 2.05) is 0 Å². The van der Waals surface area contributed by atoms with Gasteiger partial charge in [0.2, 0.25) is 0 Å². The lowest BCUT2D eigenvalue weighted by Crippen LogP contribution is -2.55. The molecule has 0 aromatic carbocycles. The largest absolute Gasteiger partial charge is 0.310 e. The lowest BCUT2D eigenvalue weighted by atomic mass is 9.86. The highest BCUT2D eigenvalue weighted by molar-refractivity contribution is 4.92. The highest BCUT2D eigenvalue weighted by Crippen LogP contribution is 2.23. The third-order valence-electron chi connectivity index (χ3n) is 3.00. The number of nitrogens with zero attached hydrogens (tertiary/aromatic N) is 1. The third-order valence-corrected chi connectivity index (χ3v) is 3.00. The van der Waals surface area contributed by atoms with E-state index in [-0.39, 0.29) is 0 Å². The molecule has 2 nitrogen and oxygen atoms in total. The minimum Gasteiger partial charge on any atom is -0.310 e. The molecule has 1 heterocycles. The maximum absolute atomic E-state index is 3.64. The van der Waals surface area contributed by atoms with Crippen LogP contribution in [0.4, 0.5) is 0 Å². The van der Waals surface area contributed by atoms with Crippen molar-refractivity contribution in [2.45, 2.75) is 38.6 Å². The summed E-state index contributed by atoms with van der Waals surface area (Å²) in [5.41, 5.74) is 0.418. The summed E-state index contributed by atoms with van der Waals surface area (Å²) in [7, 11) is 2.22. The van der Waals surface area contributed by atoms with Crippen molar-refractivity contribution >= 4 is 0 Å². The summed E-state index contributed by atoms with van der Waals surface area (Å²) < 4.78 is 0. The molecule has 12 heavy (non-hydrogen) atoms. The summed E-state index contributed by atoms with van der Waals surface area (Å²) in [6, 6.07) is 0. The molecule has 0 bridgehead atoms. The summed E-state index contributed by atoms with van der Waals surface area (Å²) in [4.78, 5) is 2.44. The third kappa shape index (κ3) is 2.20. The Morgan fingerprint density at radius 1 is 1.42 bits per heavy atom. The molecule has 0 aromatic heterocycles. The van der Waals surface area contributed by atoms with Crippen LogP contribution in [0.3, 0.4) is 0 Å². The average molecular weight is 170 g/mol. The molecule has 0 spiro atoms. The quantitative estimate of drug-likeness (QED) is 0.690. The van der Waals surface area contributed by atoms with E-state index in [0.29, 0.717) is 5.54 Å². The van der Waals surface area contributed by atoms with E-state index in [0.717, 1.165) is 6.54 Å². The number of piperidine rings is 1. The number of likely N-dealkylation sites (tertiary alicyclic amines) is 1. The van der Waals surface area contributed by atoms with Crippen LogP contribution in [0.1, 0.15) is 33.1 Å². The van der Waals surface area contributed by atoms with Gasteiger partial charge in [-0.1, -0.05) is 13.8 Å². The van der Waals surface area contributed by atoms with Gasteiger partial charge in [-0.2, -0.15) is 0 Å². The lowest BCUT2D eigenvalue weighted by molar-refractivity contribution is 0.142. The van der Waals surface area contributed by atoms with Gasteiger partial charge in [-0.3, -0.25) is 0 Å². The molecule has 0 amide bonds. The molecular formula is C10H22N2. The van der Waals surface area contributed by atoms with Crippen LogP contribution in [0.15, 0.2) is 0 Å². The van der Waals surface area contributed by atoms with Crippen LogP contribution in [-0.2, 0) is 0 Å². The first kappa shape index (κ1) is 10.0. The number of hydrogen-bond donors (Lipinski definition) is 1. The molecule has 0 aliphatic carbocycles. The van der Waals surface area contributed by atoms with E-state index < -0.39 is 0 Å². The molecular weight excluding hydrogens is 148 g/mol. The predicted molar refractivity (Wildman–Crippen MR) is 53.4 cm³/mol. The summed E-state index contributed by atoms with van der Waals surface area (Å²) >= 11 is 0. The van der Waals surface area contributed by atoms with Crippen molar-refractivity contribution in [1.29, 1.82) is 0 Å². The number of hydrogen-bond acceptors (Lipinski definition) is 2. The highest BCUT2D eigenvalue weighted by atomic mass is 15.2. The summed E-state index contributed by atoms with van der Waals surface area (Å²) in [5, 5.41) is 3.64. The fraction of sp³-hybridized carbons (Fsp3) is 1.00. The zero-order valence-electron chi connectivity index (χ0n) is 8.69. The monoisotopic (exact) mass is 170 g/mol. The lowest BCUT2D eigenvalue weighted by Gasteiger charge is -2.41. The molecule has 72 valence electrons. The molecule has 0 aromatic rings. The van der Waals surface area contributed by atoms with Crippen LogP contribution in [-0.4, -0.2) is 37.1 Å². The first-order valence-electron chi connectivity index (χ1n) is 5.16. The Morgan fingerprint density at radius 3 is 2.67 bits per heavy atom. The van der Waals surface area contributed by atoms with Crippen LogP contribution in [0.25, 0.3) is 0 Å². The van der Waals surface area contributed by atoms with Crippen LogP contribution in [0, 0.1) is 0 Å². The van der Waals surface area contributed by atoms with Crippen LogP contribution in [0.2, 0.25) is 0 Å². The Hall–Kier alpha value is -0.0800. The first-order valence-corrected chi connectivity index (χ1v) is 5.16. The van der Waals surface area contributed by atoms with Gasteiger partial charge in [0.25, 0.3) is 0 Å². The van der Waals surface area contributed by atoms with Crippen molar-refractivity contribution in [2.75, 3.05) is 26.7 Å². The SMILES string of the molecule is CCNC1(CC)CCCN(C)C1. The van der Waals surface area contributed by atoms with Gasteiger partial charge in [0, 0.05) is 12.1 Å². The molecule has 1 unspecified atom stereocenters. The minimum atomic E-state index is 0.418. The number of likely N-dealkylation sites (N-methyl/N-ethyl adjacent to an activating group) is 2. The molecule has 1 N–H and O–H groups in total. The van der Waals surface area contributed by atoms with E-state index in [2.05, 4.69) is 31.1 Å². The molecule has 1 aliphatic heterocycles. The Bertz CT molecular complexity index is 132. The maximum Gasteiger partial charge on any atom is 0.0306 e. The number of rotatable bonds is 3. The summed E-state index contributed by atoms with van der Waals surface area (Å²) in [5.74, 6) is 0. The van der Waals surface area contributed by atoms with E-state index in [1.165, 1.54) is 32.4 Å². The Labute approximate surface area is 76.3 Å². The fourth-order valence-electron chi connectivity index (χ4n) is 2.30. The first-order chi connectivity index (χ1) is 5.72. The van der Waals surface area contributed by atoms with E-state index >= 15 is 0 Å². The predicted octanol–water partition coefficient (Wildman–Crippen LogP) is 1.47. The molecule has 0 saturated carbocycles. The molecule has 1 aliphatic rings. The molecule has 2 heteroatoms. The smallest absolute Gasteiger partial charge is 0.0306 e. The minimum absolute atomic E-state index is 0.418. The second kappa shape index (κ2) is 4.24. The molecule has 1 saturated heterocycles. The van der Waals surface area contributed by atoms with Gasteiger partial charge < -0.3 is 10.2 Å². The zero-order valence-corrected chi connectivity index (χ0v) is 8.69. The Morgan fingerprint density at radius 2 is 2.17 bits per heavy atom. The van der Waals surface area contributed by atoms with Gasteiger partial charge in [0.05, 0.1) is 0 Å². The van der Waals surface area contributed by atoms with E-state index in [4.69, 9.17) is 0 Å². The second-order valence-corrected chi connectivity index (χ2v) is 4.01. The average Bonchev–Trinajstić information content (AvgIpc) is 2.05. The molecule has 1 rings (SSSR count). The fourth-order valence-corrected chi connectivity index (χ4v) is 2.30. The van der Waals surface area contributed by atoms with Gasteiger partial charge >= 0.3 is 0 Å². The van der Waals surface area contributed by atoms with Crippen molar-refractivity contribution in [3.63, 3.8) is 0 Å². The van der Waals surface area contributed by atoms with Crippen molar-refractivity contribution in [2.24, 2.45) is 0 Å². The number of nitrogens with one attached hydrogen (secondary N) is 1. The van der Waals surface area contributed by atoms with Gasteiger partial charge in [-0.05, 0) is 39.4 Å². The van der Waals surface area contributed by atoms with Crippen LogP contribution in [0.5, 0.6) is 0 Å². The maximum atomic E-state index is 3.64. The zero-order chi connectivity index (χ0) is 9.03. The second-order valence-electron chi connectivity index (χ2n) is 4.01. The molecule has 1 atom stereocenters. The normalized spacial score (nSPS) is 32.2. The Balaban J connectivity index is 2.51. The Kier molecular flexibility index (Phi) is 3.53. The van der Waals surface area contributed by atoms with Gasteiger partial charge in [-0.25, -0.2) is 0 Å². The van der Waals surface area contributed by atoms with E-state index in [1.54, 1.807) is 0 Å². The highest BCUT2D eigenvalue weighted by Gasteiger charge is 2.31. The summed E-state index contributed by atoms with van der Waals surface area (Å²) in [6.45, 7) is 8.08. The van der Waals surface area contributed by atoms with Gasteiger partial charge in [0.15, 0.2) is 0 Å². The van der Waals surface area contributed by atoms with Crippen LogP contribution >= 0.6 is 0 Å². The van der Waals surface area contributed by atoms with Crippen molar-refractivity contribution in [3.8, 4) is 0 Å². The van der Waals surface area contributed by atoms with Gasteiger partial charge in [-0.15, -0.1) is 0 Å². The summed E-state index contributed by atoms with van der Waals surface area (Å²) in [6.07, 6.45) is 3.95.